The number of aryl methyl sites for hydroxylation is 2. The molecule has 0 radical (unpaired) electrons. The summed E-state index contributed by atoms with van der Waals surface area (Å²) in [6.45, 7) is 4.26. The van der Waals surface area contributed by atoms with Gasteiger partial charge in [0, 0.05) is 54.2 Å². The van der Waals surface area contributed by atoms with E-state index in [0.29, 0.717) is 0 Å². The minimum atomic E-state index is 0.838. The summed E-state index contributed by atoms with van der Waals surface area (Å²) in [6.07, 6.45) is 3.87. The van der Waals surface area contributed by atoms with E-state index < -0.39 is 0 Å². The minimum Gasteiger partial charge on any atom is -0.456 e. The van der Waals surface area contributed by atoms with Crippen LogP contribution >= 0.6 is 0 Å². The molecule has 6 heteroatoms. The van der Waals surface area contributed by atoms with E-state index in [9.17, 15) is 0 Å². The van der Waals surface area contributed by atoms with Crippen LogP contribution < -0.4 is 0 Å². The Hall–Kier alpha value is -11.6. The Morgan fingerprint density at radius 2 is 0.568 bits per heavy atom. The fourth-order valence-electron chi connectivity index (χ4n) is 13.3. The van der Waals surface area contributed by atoms with Gasteiger partial charge in [-0.05, 0) is 141 Å². The van der Waals surface area contributed by atoms with Crippen molar-refractivity contribution >= 4 is 109 Å². The number of fused-ring (bicyclic) bond motifs is 18. The van der Waals surface area contributed by atoms with E-state index in [0.717, 1.165) is 143 Å². The van der Waals surface area contributed by atoms with Crippen LogP contribution in [0.3, 0.4) is 0 Å². The summed E-state index contributed by atoms with van der Waals surface area (Å²) < 4.78 is 12.2. The first kappa shape index (κ1) is 50.9. The first-order chi connectivity index (χ1) is 43.4. The highest BCUT2D eigenvalue weighted by molar-refractivity contribution is 6.25. The molecule has 6 nitrogen and oxygen atoms in total. The number of hydrogen-bond donors (Lipinski definition) is 0. The number of aromatic nitrogens is 4. The molecule has 4 heterocycles. The van der Waals surface area contributed by atoms with Crippen molar-refractivity contribution < 1.29 is 8.83 Å². The third kappa shape index (κ3) is 8.56. The first-order valence-corrected chi connectivity index (χ1v) is 29.8. The zero-order chi connectivity index (χ0) is 58.4. The predicted molar refractivity (Wildman–Crippen MR) is 366 cm³/mol. The molecule has 0 amide bonds. The second-order valence-corrected chi connectivity index (χ2v) is 23.0. The van der Waals surface area contributed by atoms with Crippen LogP contribution in [-0.4, -0.2) is 19.9 Å². The Labute approximate surface area is 506 Å². The number of para-hydroxylation sites is 2. The molecule has 0 aliphatic heterocycles. The Balaban J connectivity index is 0.000000140. The number of nitrogens with zero attached hydrogens (tertiary/aromatic N) is 4. The normalized spacial score (nSPS) is 11.8. The smallest absolute Gasteiger partial charge is 0.135 e. The average Bonchev–Trinajstić information content (AvgIpc) is 1.21. The number of rotatable bonds is 6. The molecule has 0 fully saturated rings. The Morgan fingerprint density at radius 3 is 1.03 bits per heavy atom. The van der Waals surface area contributed by atoms with Gasteiger partial charge in [0.15, 0.2) is 0 Å². The number of furan rings is 2. The summed E-state index contributed by atoms with van der Waals surface area (Å²) in [7, 11) is 0. The van der Waals surface area contributed by atoms with Crippen molar-refractivity contribution in [3.8, 4) is 67.0 Å². The summed E-state index contributed by atoms with van der Waals surface area (Å²) in [4.78, 5) is 21.0. The molecule has 0 aliphatic carbocycles. The van der Waals surface area contributed by atoms with Gasteiger partial charge in [0.1, 0.15) is 22.3 Å². The third-order valence-electron chi connectivity index (χ3n) is 17.5. The summed E-state index contributed by atoms with van der Waals surface area (Å²) in [6, 6.07) is 94.0. The standard InChI is InChI=1S/C46H28N2O.C36H24N2O/c1-3-11-29(12-4-1)31-19-22-35-36-23-20-32(30-13-5-2-6-14-30)26-41(36)46-45(40(35)25-31)47-28-42(48-46)37-16-8-7-15-34(37)33-21-24-44-39(27-33)38-17-9-10-18-43(38)49-44;1-21-11-14-25-26-15-12-22(2)18-31(26)36-35(30(25)17-21)37-20-32(38-36)27-8-4-3-7-24(27)23-13-16-34-29(19-23)28-9-5-6-10-33(28)39-34/h1-28H;3-20H,1-2H3. The lowest BCUT2D eigenvalue weighted by Crippen LogP contribution is -1.94. The molecule has 0 saturated heterocycles. The van der Waals surface area contributed by atoms with Crippen LogP contribution in [-0.2, 0) is 0 Å². The zero-order valence-corrected chi connectivity index (χ0v) is 48.2. The van der Waals surface area contributed by atoms with Crippen LogP contribution in [0, 0.1) is 13.8 Å². The minimum absolute atomic E-state index is 0.838. The van der Waals surface area contributed by atoms with Crippen molar-refractivity contribution in [1.29, 1.82) is 0 Å². The maximum absolute atomic E-state index is 6.14. The second kappa shape index (κ2) is 20.6. The monoisotopic (exact) mass is 1120 g/mol. The van der Waals surface area contributed by atoms with Gasteiger partial charge in [-0.25, -0.2) is 9.97 Å². The van der Waals surface area contributed by atoms with E-state index in [1.807, 2.05) is 36.7 Å². The van der Waals surface area contributed by atoms with Gasteiger partial charge in [-0.2, -0.15) is 0 Å². The number of benzene rings is 14. The van der Waals surface area contributed by atoms with E-state index in [2.05, 4.69) is 257 Å². The molecular formula is C82H52N4O2. The topological polar surface area (TPSA) is 77.8 Å². The predicted octanol–water partition coefficient (Wildman–Crippen LogP) is 22.3. The summed E-state index contributed by atoms with van der Waals surface area (Å²) >= 11 is 0. The van der Waals surface area contributed by atoms with Crippen LogP contribution in [0.4, 0.5) is 0 Å². The lowest BCUT2D eigenvalue weighted by atomic mass is 9.93. The van der Waals surface area contributed by atoms with Crippen molar-refractivity contribution in [1.82, 2.24) is 19.9 Å². The van der Waals surface area contributed by atoms with Crippen LogP contribution in [0.1, 0.15) is 11.1 Å². The van der Waals surface area contributed by atoms with Gasteiger partial charge in [-0.3, -0.25) is 9.97 Å². The molecule has 0 unspecified atom stereocenters. The van der Waals surface area contributed by atoms with Crippen molar-refractivity contribution in [2.75, 3.05) is 0 Å². The van der Waals surface area contributed by atoms with Gasteiger partial charge in [-0.1, -0.05) is 217 Å². The van der Waals surface area contributed by atoms with Crippen molar-refractivity contribution in [3.05, 3.63) is 290 Å². The Bertz CT molecular complexity index is 5850. The quantitative estimate of drug-likeness (QED) is 0.154. The number of hydrogen-bond acceptors (Lipinski definition) is 6. The molecule has 88 heavy (non-hydrogen) atoms. The molecule has 18 aromatic rings. The van der Waals surface area contributed by atoms with Crippen molar-refractivity contribution in [2.45, 2.75) is 13.8 Å². The molecule has 14 aromatic carbocycles. The van der Waals surface area contributed by atoms with E-state index in [4.69, 9.17) is 28.8 Å². The van der Waals surface area contributed by atoms with E-state index in [1.165, 1.54) is 43.8 Å². The van der Waals surface area contributed by atoms with Crippen molar-refractivity contribution in [2.24, 2.45) is 0 Å². The molecule has 0 spiro atoms. The van der Waals surface area contributed by atoms with Crippen LogP contribution in [0.5, 0.6) is 0 Å². The summed E-state index contributed by atoms with van der Waals surface area (Å²) in [5.41, 5.74) is 22.6. The average molecular weight is 1130 g/mol. The Kier molecular flexibility index (Phi) is 11.9. The second-order valence-electron chi connectivity index (χ2n) is 23.0. The molecule has 18 rings (SSSR count). The SMILES string of the molecule is Cc1ccc2c3ccc(C)cc3c3nc(-c4ccccc4-c4ccc5oc6ccccc6c5c4)cnc3c2c1.c1ccc(-c2ccc3c4ccc(-c5ccccc5)cc4c4nc(-c5ccccc5-c5ccc6oc7ccccc7c6c5)cnc4c3c2)cc1. The first-order valence-electron chi connectivity index (χ1n) is 29.8. The van der Waals surface area contributed by atoms with Gasteiger partial charge in [0.25, 0.3) is 0 Å². The van der Waals surface area contributed by atoms with Gasteiger partial charge in [-0.15, -0.1) is 0 Å². The van der Waals surface area contributed by atoms with Crippen LogP contribution in [0.2, 0.25) is 0 Å². The summed E-state index contributed by atoms with van der Waals surface area (Å²) in [5.74, 6) is 0. The zero-order valence-electron chi connectivity index (χ0n) is 48.2. The molecule has 4 aromatic heterocycles. The highest BCUT2D eigenvalue weighted by atomic mass is 16.3. The fraction of sp³-hybridized carbons (Fsp3) is 0.0244. The van der Waals surface area contributed by atoms with Crippen LogP contribution in [0.25, 0.3) is 176 Å². The van der Waals surface area contributed by atoms with Gasteiger partial charge >= 0.3 is 0 Å². The molecular weight excluding hydrogens is 1070 g/mol. The maximum Gasteiger partial charge on any atom is 0.135 e. The fourth-order valence-corrected chi connectivity index (χ4v) is 13.3. The van der Waals surface area contributed by atoms with Crippen LogP contribution in [0.15, 0.2) is 288 Å². The van der Waals surface area contributed by atoms with Gasteiger partial charge in [0.05, 0.1) is 45.8 Å². The molecule has 0 aliphatic rings. The molecule has 0 atom stereocenters. The highest BCUT2D eigenvalue weighted by Crippen LogP contribution is 2.43. The Morgan fingerprint density at radius 1 is 0.227 bits per heavy atom. The van der Waals surface area contributed by atoms with E-state index in [1.54, 1.807) is 0 Å². The van der Waals surface area contributed by atoms with E-state index in [-0.39, 0.29) is 0 Å². The highest BCUT2D eigenvalue weighted by Gasteiger charge is 2.20. The summed E-state index contributed by atoms with van der Waals surface area (Å²) in [5, 5.41) is 13.7. The van der Waals surface area contributed by atoms with Gasteiger partial charge < -0.3 is 8.83 Å². The lowest BCUT2D eigenvalue weighted by Gasteiger charge is -2.14. The lowest BCUT2D eigenvalue weighted by molar-refractivity contribution is 0.668. The van der Waals surface area contributed by atoms with Gasteiger partial charge in [0.2, 0.25) is 0 Å². The molecule has 0 bridgehead atoms. The molecule has 0 saturated carbocycles. The molecule has 412 valence electrons. The van der Waals surface area contributed by atoms with E-state index >= 15 is 0 Å². The maximum atomic E-state index is 6.14. The molecule has 0 N–H and O–H groups in total. The third-order valence-corrected chi connectivity index (χ3v) is 17.5. The van der Waals surface area contributed by atoms with Crippen molar-refractivity contribution in [3.63, 3.8) is 0 Å². The largest absolute Gasteiger partial charge is 0.456 e.